The van der Waals surface area contributed by atoms with Crippen LogP contribution in [0.2, 0.25) is 0 Å². The van der Waals surface area contributed by atoms with Crippen LogP contribution in [-0.4, -0.2) is 28.2 Å². The minimum Gasteiger partial charge on any atom is -0.393 e. The van der Waals surface area contributed by atoms with Crippen molar-refractivity contribution in [1.82, 2.24) is 0 Å². The summed E-state index contributed by atoms with van der Waals surface area (Å²) >= 11 is 0. The van der Waals surface area contributed by atoms with Crippen LogP contribution in [0, 0.1) is 17.3 Å². The first kappa shape index (κ1) is 13.8. The molecule has 1 saturated carbocycles. The van der Waals surface area contributed by atoms with Gasteiger partial charge in [-0.1, -0.05) is 12.5 Å². The summed E-state index contributed by atoms with van der Waals surface area (Å²) in [7, 11) is 0. The van der Waals surface area contributed by atoms with E-state index in [1.165, 1.54) is 5.57 Å². The molecule has 0 aromatic heterocycles. The highest BCUT2D eigenvalue weighted by Crippen LogP contribution is 2.56. The lowest BCUT2D eigenvalue weighted by molar-refractivity contribution is -0.117. The largest absolute Gasteiger partial charge is 0.393 e. The highest BCUT2D eigenvalue weighted by molar-refractivity contribution is 5.91. The average molecular weight is 252 g/mol. The van der Waals surface area contributed by atoms with E-state index in [1.807, 2.05) is 6.92 Å². The van der Waals surface area contributed by atoms with Crippen LogP contribution in [0.3, 0.4) is 0 Å². The number of carbonyl (C=O) groups is 1. The smallest absolute Gasteiger partial charge is 0.155 e. The molecular formula is C15H24O3. The SMILES string of the molecule is CC1=CC(=O)C[C@H](C)[C@@]12CC[C@@H]([C@@](C)(O)CO)C2. The third-order valence-electron chi connectivity index (χ3n) is 5.36. The summed E-state index contributed by atoms with van der Waals surface area (Å²) in [6.07, 6.45) is 5.24. The van der Waals surface area contributed by atoms with E-state index < -0.39 is 5.60 Å². The van der Waals surface area contributed by atoms with Crippen LogP contribution in [0.5, 0.6) is 0 Å². The molecule has 1 spiro atoms. The molecule has 0 aromatic rings. The first-order chi connectivity index (χ1) is 8.32. The summed E-state index contributed by atoms with van der Waals surface area (Å²) in [5.41, 5.74) is 0.241. The van der Waals surface area contributed by atoms with Crippen molar-refractivity contribution in [2.75, 3.05) is 6.61 Å². The summed E-state index contributed by atoms with van der Waals surface area (Å²) in [6, 6.07) is 0. The van der Waals surface area contributed by atoms with Gasteiger partial charge in [0.25, 0.3) is 0 Å². The van der Waals surface area contributed by atoms with Crippen LogP contribution < -0.4 is 0 Å². The molecule has 18 heavy (non-hydrogen) atoms. The van der Waals surface area contributed by atoms with Crippen molar-refractivity contribution in [3.63, 3.8) is 0 Å². The van der Waals surface area contributed by atoms with Gasteiger partial charge in [-0.05, 0) is 56.4 Å². The summed E-state index contributed by atoms with van der Waals surface area (Å²) in [6.45, 7) is 5.71. The number of hydrogen-bond acceptors (Lipinski definition) is 3. The quantitative estimate of drug-likeness (QED) is 0.791. The molecule has 0 unspecified atom stereocenters. The maximum absolute atomic E-state index is 11.6. The molecule has 0 saturated heterocycles. The first-order valence-corrected chi connectivity index (χ1v) is 6.86. The van der Waals surface area contributed by atoms with Gasteiger partial charge in [0.05, 0.1) is 12.2 Å². The lowest BCUT2D eigenvalue weighted by atomic mass is 9.64. The van der Waals surface area contributed by atoms with Crippen LogP contribution in [0.15, 0.2) is 11.6 Å². The number of rotatable bonds is 2. The highest BCUT2D eigenvalue weighted by Gasteiger charge is 2.50. The summed E-state index contributed by atoms with van der Waals surface area (Å²) in [4.78, 5) is 11.6. The van der Waals surface area contributed by atoms with Gasteiger partial charge in [0.1, 0.15) is 0 Å². The molecule has 2 aliphatic rings. The Morgan fingerprint density at radius 1 is 1.56 bits per heavy atom. The molecule has 0 radical (unpaired) electrons. The second-order valence-corrected chi connectivity index (χ2v) is 6.51. The lowest BCUT2D eigenvalue weighted by Gasteiger charge is -2.40. The highest BCUT2D eigenvalue weighted by atomic mass is 16.3. The lowest BCUT2D eigenvalue weighted by Crippen LogP contribution is -2.39. The number of carbonyl (C=O) groups excluding carboxylic acids is 1. The van der Waals surface area contributed by atoms with Crippen molar-refractivity contribution in [1.29, 1.82) is 0 Å². The van der Waals surface area contributed by atoms with Crippen molar-refractivity contribution < 1.29 is 15.0 Å². The van der Waals surface area contributed by atoms with E-state index >= 15 is 0 Å². The van der Waals surface area contributed by atoms with E-state index in [0.29, 0.717) is 12.3 Å². The number of aliphatic hydroxyl groups is 2. The van der Waals surface area contributed by atoms with Crippen LogP contribution in [-0.2, 0) is 4.79 Å². The molecule has 0 aliphatic heterocycles. The minimum atomic E-state index is -0.995. The summed E-state index contributed by atoms with van der Waals surface area (Å²) < 4.78 is 0. The van der Waals surface area contributed by atoms with Gasteiger partial charge in [-0.2, -0.15) is 0 Å². The third-order valence-corrected chi connectivity index (χ3v) is 5.36. The van der Waals surface area contributed by atoms with Crippen molar-refractivity contribution in [3.8, 4) is 0 Å². The van der Waals surface area contributed by atoms with Crippen molar-refractivity contribution in [2.45, 2.75) is 52.1 Å². The Labute approximate surface area is 109 Å². The van der Waals surface area contributed by atoms with Gasteiger partial charge in [-0.15, -0.1) is 0 Å². The van der Waals surface area contributed by atoms with Crippen LogP contribution in [0.1, 0.15) is 46.5 Å². The van der Waals surface area contributed by atoms with Crippen molar-refractivity contribution in [2.24, 2.45) is 17.3 Å². The monoisotopic (exact) mass is 252 g/mol. The van der Waals surface area contributed by atoms with Gasteiger partial charge in [0, 0.05) is 6.42 Å². The first-order valence-electron chi connectivity index (χ1n) is 6.86. The molecule has 2 rings (SSSR count). The predicted octanol–water partition coefficient (Wildman–Crippen LogP) is 2.07. The standard InChI is InChI=1S/C15H24O3/c1-10-6-13(17)7-11(2)15(10)5-4-12(8-15)14(3,18)9-16/h6,11-12,16,18H,4-5,7-9H2,1-3H3/t11-,12+,14-,15+/m0/s1. The van der Waals surface area contributed by atoms with Crippen molar-refractivity contribution in [3.05, 3.63) is 11.6 Å². The summed E-state index contributed by atoms with van der Waals surface area (Å²) in [5.74, 6) is 0.694. The molecule has 4 atom stereocenters. The minimum absolute atomic E-state index is 0.0672. The third kappa shape index (κ3) is 2.04. The molecule has 3 heteroatoms. The van der Waals surface area contributed by atoms with Gasteiger partial charge in [-0.3, -0.25) is 4.79 Å². The average Bonchev–Trinajstić information content (AvgIpc) is 2.73. The Morgan fingerprint density at radius 2 is 2.22 bits per heavy atom. The molecular weight excluding hydrogens is 228 g/mol. The van der Waals surface area contributed by atoms with Crippen LogP contribution >= 0.6 is 0 Å². The fourth-order valence-electron chi connectivity index (χ4n) is 3.87. The van der Waals surface area contributed by atoms with Gasteiger partial charge >= 0.3 is 0 Å². The zero-order valence-corrected chi connectivity index (χ0v) is 11.6. The molecule has 0 amide bonds. The molecule has 0 bridgehead atoms. The molecule has 0 heterocycles. The predicted molar refractivity (Wildman–Crippen MR) is 70.0 cm³/mol. The van der Waals surface area contributed by atoms with E-state index in [9.17, 15) is 15.0 Å². The number of ketones is 1. The van der Waals surface area contributed by atoms with Gasteiger partial charge in [0.2, 0.25) is 0 Å². The molecule has 0 aromatic carbocycles. The fourth-order valence-corrected chi connectivity index (χ4v) is 3.87. The second kappa shape index (κ2) is 4.46. The Kier molecular flexibility index (Phi) is 3.41. The Balaban J connectivity index is 2.25. The maximum atomic E-state index is 11.6. The van der Waals surface area contributed by atoms with Gasteiger partial charge in [-0.25, -0.2) is 0 Å². The Hall–Kier alpha value is -0.670. The zero-order chi connectivity index (χ0) is 13.6. The van der Waals surface area contributed by atoms with Gasteiger partial charge < -0.3 is 10.2 Å². The zero-order valence-electron chi connectivity index (χ0n) is 11.6. The number of allylic oxidation sites excluding steroid dienone is 2. The molecule has 2 aliphatic carbocycles. The van der Waals surface area contributed by atoms with E-state index in [1.54, 1.807) is 13.0 Å². The van der Waals surface area contributed by atoms with E-state index in [2.05, 4.69) is 6.92 Å². The van der Waals surface area contributed by atoms with Gasteiger partial charge in [0.15, 0.2) is 5.78 Å². The van der Waals surface area contributed by atoms with Crippen LogP contribution in [0.4, 0.5) is 0 Å². The molecule has 3 nitrogen and oxygen atoms in total. The van der Waals surface area contributed by atoms with E-state index in [0.717, 1.165) is 19.3 Å². The second-order valence-electron chi connectivity index (χ2n) is 6.51. The number of aliphatic hydroxyl groups excluding tert-OH is 1. The molecule has 1 fully saturated rings. The normalized spacial score (nSPS) is 39.8. The van der Waals surface area contributed by atoms with Crippen LogP contribution in [0.25, 0.3) is 0 Å². The topological polar surface area (TPSA) is 57.5 Å². The molecule has 2 N–H and O–H groups in total. The van der Waals surface area contributed by atoms with E-state index in [4.69, 9.17) is 0 Å². The Bertz CT molecular complexity index is 383. The maximum Gasteiger partial charge on any atom is 0.155 e. The molecule has 102 valence electrons. The van der Waals surface area contributed by atoms with Crippen molar-refractivity contribution >= 4 is 5.78 Å². The number of hydrogen-bond donors (Lipinski definition) is 2. The summed E-state index contributed by atoms with van der Waals surface area (Å²) in [5, 5.41) is 19.5. The fraction of sp³-hybridized carbons (Fsp3) is 0.800. The van der Waals surface area contributed by atoms with E-state index in [-0.39, 0.29) is 23.7 Å². The Morgan fingerprint density at radius 3 is 2.78 bits per heavy atom.